The van der Waals surface area contributed by atoms with Crippen molar-refractivity contribution in [1.29, 1.82) is 0 Å². The predicted octanol–water partition coefficient (Wildman–Crippen LogP) is 1.59. The molecule has 0 aromatic heterocycles. The molecule has 2 saturated heterocycles. The van der Waals surface area contributed by atoms with Crippen molar-refractivity contribution in [2.24, 2.45) is 0 Å². The molecule has 0 amide bonds. The van der Waals surface area contributed by atoms with E-state index in [2.05, 4.69) is 31.1 Å². The highest BCUT2D eigenvalue weighted by atomic mass is 16.5. The predicted molar refractivity (Wildman–Crippen MR) is 61.8 cm³/mol. The third kappa shape index (κ3) is 2.92. The first-order chi connectivity index (χ1) is 7.07. The Morgan fingerprint density at radius 1 is 1.40 bits per heavy atom. The summed E-state index contributed by atoms with van der Waals surface area (Å²) in [6.07, 6.45) is 5.48. The van der Waals surface area contributed by atoms with Gasteiger partial charge in [-0.3, -0.25) is 5.32 Å². The van der Waals surface area contributed by atoms with Crippen molar-refractivity contribution in [3.05, 3.63) is 0 Å². The number of hydrogen-bond acceptors (Lipinski definition) is 3. The van der Waals surface area contributed by atoms with Gasteiger partial charge in [-0.15, -0.1) is 0 Å². The first-order valence-electron chi connectivity index (χ1n) is 6.18. The van der Waals surface area contributed by atoms with Crippen LogP contribution in [0, 0.1) is 0 Å². The van der Waals surface area contributed by atoms with E-state index in [1.165, 1.54) is 25.8 Å². The third-order valence-electron chi connectivity index (χ3n) is 3.62. The smallest absolute Gasteiger partial charge is 0.110 e. The Kier molecular flexibility index (Phi) is 3.33. The average Bonchev–Trinajstić information content (AvgIpc) is 2.50. The highest BCUT2D eigenvalue weighted by molar-refractivity contribution is 4.85. The second-order valence-electron chi connectivity index (χ2n) is 5.61. The molecule has 15 heavy (non-hydrogen) atoms. The maximum Gasteiger partial charge on any atom is 0.110 e. The van der Waals surface area contributed by atoms with Gasteiger partial charge in [-0.25, -0.2) is 0 Å². The summed E-state index contributed by atoms with van der Waals surface area (Å²) in [4.78, 5) is 2.49. The summed E-state index contributed by atoms with van der Waals surface area (Å²) in [6, 6.07) is 0.713. The number of hydrogen-bond donors (Lipinski definition) is 1. The van der Waals surface area contributed by atoms with E-state index in [1.807, 2.05) is 0 Å². The largest absolute Gasteiger partial charge is 0.356 e. The SMILES string of the molecule is CN1CCCCC1CC1NCC(C)(C)O1. The molecule has 0 saturated carbocycles. The van der Waals surface area contributed by atoms with Crippen LogP contribution in [-0.2, 0) is 4.74 Å². The van der Waals surface area contributed by atoms with Crippen LogP contribution in [-0.4, -0.2) is 42.9 Å². The first kappa shape index (κ1) is 11.4. The molecule has 2 fully saturated rings. The molecule has 3 nitrogen and oxygen atoms in total. The van der Waals surface area contributed by atoms with Crippen molar-refractivity contribution in [3.8, 4) is 0 Å². The summed E-state index contributed by atoms with van der Waals surface area (Å²) in [6.45, 7) is 6.55. The number of ether oxygens (including phenoxy) is 1. The number of piperidine rings is 1. The lowest BCUT2D eigenvalue weighted by Gasteiger charge is -2.34. The van der Waals surface area contributed by atoms with Crippen LogP contribution in [0.1, 0.15) is 39.5 Å². The van der Waals surface area contributed by atoms with Crippen LogP contribution >= 0.6 is 0 Å². The molecule has 2 unspecified atom stereocenters. The molecule has 2 rings (SSSR count). The molecule has 2 atom stereocenters. The zero-order valence-corrected chi connectivity index (χ0v) is 10.3. The fourth-order valence-corrected chi connectivity index (χ4v) is 2.65. The van der Waals surface area contributed by atoms with E-state index in [1.54, 1.807) is 0 Å². The molecular formula is C12H24N2O. The Hall–Kier alpha value is -0.120. The molecule has 1 N–H and O–H groups in total. The fourth-order valence-electron chi connectivity index (χ4n) is 2.65. The van der Waals surface area contributed by atoms with Crippen LogP contribution in [0.15, 0.2) is 0 Å². The molecule has 2 heterocycles. The van der Waals surface area contributed by atoms with Crippen molar-refractivity contribution in [3.63, 3.8) is 0 Å². The molecule has 0 bridgehead atoms. The van der Waals surface area contributed by atoms with Crippen LogP contribution in [0.2, 0.25) is 0 Å². The maximum atomic E-state index is 5.96. The van der Waals surface area contributed by atoms with E-state index in [4.69, 9.17) is 4.74 Å². The summed E-state index contributed by atoms with van der Waals surface area (Å²) in [5.41, 5.74) is 0.0257. The van der Waals surface area contributed by atoms with Gasteiger partial charge in [-0.1, -0.05) is 6.42 Å². The van der Waals surface area contributed by atoms with Crippen molar-refractivity contribution in [1.82, 2.24) is 10.2 Å². The van der Waals surface area contributed by atoms with Gasteiger partial charge >= 0.3 is 0 Å². The Morgan fingerprint density at radius 2 is 2.20 bits per heavy atom. The van der Waals surface area contributed by atoms with Gasteiger partial charge < -0.3 is 9.64 Å². The first-order valence-corrected chi connectivity index (χ1v) is 6.18. The highest BCUT2D eigenvalue weighted by Gasteiger charge is 2.33. The van der Waals surface area contributed by atoms with E-state index in [-0.39, 0.29) is 11.8 Å². The molecule has 2 aliphatic heterocycles. The van der Waals surface area contributed by atoms with E-state index in [0.29, 0.717) is 6.04 Å². The highest BCUT2D eigenvalue weighted by Crippen LogP contribution is 2.24. The Labute approximate surface area is 93.2 Å². The van der Waals surface area contributed by atoms with Gasteiger partial charge in [0.25, 0.3) is 0 Å². The zero-order valence-electron chi connectivity index (χ0n) is 10.3. The number of likely N-dealkylation sites (tertiary alicyclic amines) is 1. The molecule has 0 aromatic rings. The van der Waals surface area contributed by atoms with E-state index in [0.717, 1.165) is 13.0 Å². The Morgan fingerprint density at radius 3 is 2.80 bits per heavy atom. The third-order valence-corrected chi connectivity index (χ3v) is 3.62. The van der Waals surface area contributed by atoms with Crippen molar-refractivity contribution in [2.45, 2.75) is 57.4 Å². The fraction of sp³-hybridized carbons (Fsp3) is 1.00. The second kappa shape index (κ2) is 4.40. The molecular weight excluding hydrogens is 188 g/mol. The monoisotopic (exact) mass is 212 g/mol. The number of nitrogens with zero attached hydrogens (tertiary/aromatic N) is 1. The van der Waals surface area contributed by atoms with Gasteiger partial charge in [0.1, 0.15) is 6.23 Å². The lowest BCUT2D eigenvalue weighted by atomic mass is 9.99. The van der Waals surface area contributed by atoms with Crippen molar-refractivity contribution >= 4 is 0 Å². The molecule has 3 heteroatoms. The van der Waals surface area contributed by atoms with Crippen molar-refractivity contribution in [2.75, 3.05) is 20.1 Å². The summed E-state index contributed by atoms with van der Waals surface area (Å²) in [5.74, 6) is 0. The normalized spacial score (nSPS) is 37.0. The Balaban J connectivity index is 1.81. The minimum absolute atomic E-state index is 0.0257. The average molecular weight is 212 g/mol. The van der Waals surface area contributed by atoms with E-state index < -0.39 is 0 Å². The quantitative estimate of drug-likeness (QED) is 0.752. The van der Waals surface area contributed by atoms with Crippen LogP contribution in [0.3, 0.4) is 0 Å². The van der Waals surface area contributed by atoms with Crippen LogP contribution in [0.4, 0.5) is 0 Å². The molecule has 0 spiro atoms. The maximum absolute atomic E-state index is 5.96. The minimum Gasteiger partial charge on any atom is -0.356 e. The van der Waals surface area contributed by atoms with Crippen molar-refractivity contribution < 1.29 is 4.74 Å². The zero-order chi connectivity index (χ0) is 10.9. The van der Waals surface area contributed by atoms with Crippen LogP contribution in [0.25, 0.3) is 0 Å². The molecule has 0 aliphatic carbocycles. The van der Waals surface area contributed by atoms with Gasteiger partial charge in [0.15, 0.2) is 0 Å². The van der Waals surface area contributed by atoms with Gasteiger partial charge in [0.05, 0.1) is 5.60 Å². The Bertz CT molecular complexity index is 218. The summed E-state index contributed by atoms with van der Waals surface area (Å²) in [7, 11) is 2.24. The van der Waals surface area contributed by atoms with E-state index in [9.17, 15) is 0 Å². The number of nitrogens with one attached hydrogen (secondary N) is 1. The van der Waals surface area contributed by atoms with E-state index >= 15 is 0 Å². The summed E-state index contributed by atoms with van der Waals surface area (Å²) >= 11 is 0. The van der Waals surface area contributed by atoms with Crippen LogP contribution < -0.4 is 5.32 Å². The van der Waals surface area contributed by atoms with Crippen LogP contribution in [0.5, 0.6) is 0 Å². The topological polar surface area (TPSA) is 24.5 Å². The molecule has 2 aliphatic rings. The lowest BCUT2D eigenvalue weighted by molar-refractivity contribution is -0.0308. The molecule has 0 radical (unpaired) electrons. The standard InChI is InChI=1S/C12H24N2O/c1-12(2)9-13-11(15-12)8-10-6-4-5-7-14(10)3/h10-11,13H,4-9H2,1-3H3. The van der Waals surface area contributed by atoms with Gasteiger partial charge in [-0.05, 0) is 40.3 Å². The lowest BCUT2D eigenvalue weighted by Crippen LogP contribution is -2.40. The molecule has 88 valence electrons. The summed E-state index contributed by atoms with van der Waals surface area (Å²) in [5, 5.41) is 3.47. The van der Waals surface area contributed by atoms with Gasteiger partial charge in [-0.2, -0.15) is 0 Å². The van der Waals surface area contributed by atoms with Gasteiger partial charge in [0, 0.05) is 19.0 Å². The van der Waals surface area contributed by atoms with Gasteiger partial charge in [0.2, 0.25) is 0 Å². The second-order valence-corrected chi connectivity index (χ2v) is 5.61. The minimum atomic E-state index is 0.0257. The number of rotatable bonds is 2. The molecule has 0 aromatic carbocycles. The summed E-state index contributed by atoms with van der Waals surface area (Å²) < 4.78 is 5.96.